The summed E-state index contributed by atoms with van der Waals surface area (Å²) in [6.45, 7) is 4.78. The van der Waals surface area contributed by atoms with Crippen molar-refractivity contribution in [1.82, 2.24) is 5.32 Å². The first-order valence-corrected chi connectivity index (χ1v) is 7.99. The predicted molar refractivity (Wildman–Crippen MR) is 69.4 cm³/mol. The van der Waals surface area contributed by atoms with Gasteiger partial charge in [0, 0.05) is 11.3 Å². The maximum absolute atomic E-state index is 4.05. The summed E-state index contributed by atoms with van der Waals surface area (Å²) in [6, 6.07) is 0. The molecule has 1 aliphatic heterocycles. The molecule has 16 heavy (non-hydrogen) atoms. The Bertz CT molecular complexity index is 295. The Hall–Kier alpha value is 0.310. The highest BCUT2D eigenvalue weighted by molar-refractivity contribution is 8.01. The number of hydrogen-bond acceptors (Lipinski definition) is 2. The summed E-state index contributed by atoms with van der Waals surface area (Å²) in [5.74, 6) is 5.50. The van der Waals surface area contributed by atoms with Gasteiger partial charge in [-0.1, -0.05) is 0 Å². The van der Waals surface area contributed by atoms with Crippen LogP contribution < -0.4 is 5.32 Å². The number of thioether (sulfide) groups is 1. The minimum Gasteiger partial charge on any atom is -0.296 e. The van der Waals surface area contributed by atoms with E-state index < -0.39 is 0 Å². The second-order valence-electron chi connectivity index (χ2n) is 7.40. The van der Waals surface area contributed by atoms with Crippen molar-refractivity contribution in [1.29, 1.82) is 0 Å². The Balaban J connectivity index is 1.70. The van der Waals surface area contributed by atoms with Crippen molar-refractivity contribution in [2.75, 3.05) is 5.75 Å². The van der Waals surface area contributed by atoms with Gasteiger partial charge in [0.15, 0.2) is 0 Å². The molecule has 0 amide bonds. The monoisotopic (exact) mass is 237 g/mol. The van der Waals surface area contributed by atoms with Crippen molar-refractivity contribution < 1.29 is 0 Å². The molecule has 1 N–H and O–H groups in total. The van der Waals surface area contributed by atoms with Crippen LogP contribution in [0.3, 0.4) is 0 Å². The van der Waals surface area contributed by atoms with Crippen molar-refractivity contribution in [2.24, 2.45) is 23.7 Å². The molecule has 5 rings (SSSR count). The molecule has 0 unspecified atom stereocenters. The maximum atomic E-state index is 4.05. The highest BCUT2D eigenvalue weighted by Gasteiger charge is 2.61. The molecule has 0 aromatic carbocycles. The summed E-state index contributed by atoms with van der Waals surface area (Å²) in [7, 11) is 0. The molecule has 1 nitrogen and oxygen atoms in total. The van der Waals surface area contributed by atoms with Gasteiger partial charge in [0.25, 0.3) is 0 Å². The standard InChI is InChI=1S/C14H23NS/c1-13(2)8-16-14(15-13)11-4-9-3-10(6-11)7-12(14)5-9/h9-12,15H,3-8H2,1-2H3. The van der Waals surface area contributed by atoms with Gasteiger partial charge in [0.1, 0.15) is 0 Å². The van der Waals surface area contributed by atoms with Crippen LogP contribution in [-0.4, -0.2) is 16.2 Å². The normalized spacial score (nSPS) is 57.4. The van der Waals surface area contributed by atoms with E-state index in [0.29, 0.717) is 10.4 Å². The first-order chi connectivity index (χ1) is 7.57. The van der Waals surface area contributed by atoms with Gasteiger partial charge in [-0.15, -0.1) is 11.8 Å². The lowest BCUT2D eigenvalue weighted by Crippen LogP contribution is -2.63. The molecule has 0 atom stereocenters. The molecule has 0 radical (unpaired) electrons. The van der Waals surface area contributed by atoms with Gasteiger partial charge in [0.2, 0.25) is 0 Å². The number of nitrogens with one attached hydrogen (secondary N) is 1. The van der Waals surface area contributed by atoms with Crippen LogP contribution in [0.1, 0.15) is 46.0 Å². The Labute approximate surface area is 103 Å². The molecule has 90 valence electrons. The van der Waals surface area contributed by atoms with Crippen molar-refractivity contribution in [2.45, 2.75) is 56.4 Å². The molecular formula is C14H23NS. The van der Waals surface area contributed by atoms with Crippen LogP contribution in [0.2, 0.25) is 0 Å². The summed E-state index contributed by atoms with van der Waals surface area (Å²) < 4.78 is 0. The summed E-state index contributed by atoms with van der Waals surface area (Å²) in [6.07, 6.45) is 7.69. The minimum atomic E-state index is 0.375. The zero-order valence-corrected chi connectivity index (χ0v) is 11.3. The lowest BCUT2D eigenvalue weighted by Gasteiger charge is -2.60. The molecule has 4 bridgehead atoms. The number of hydrogen-bond donors (Lipinski definition) is 1. The SMILES string of the molecule is CC1(C)CSC2(N1)C1CC3CC(C1)CC2C3. The molecule has 5 aliphatic rings. The fourth-order valence-corrected chi connectivity index (χ4v) is 7.10. The van der Waals surface area contributed by atoms with Crippen molar-refractivity contribution in [3.63, 3.8) is 0 Å². The van der Waals surface area contributed by atoms with Crippen LogP contribution in [0, 0.1) is 23.7 Å². The van der Waals surface area contributed by atoms with E-state index in [-0.39, 0.29) is 0 Å². The Morgan fingerprint density at radius 1 is 0.938 bits per heavy atom. The molecular weight excluding hydrogens is 214 g/mol. The average molecular weight is 237 g/mol. The van der Waals surface area contributed by atoms with Gasteiger partial charge in [-0.25, -0.2) is 0 Å². The van der Waals surface area contributed by atoms with Gasteiger partial charge in [-0.2, -0.15) is 0 Å². The van der Waals surface area contributed by atoms with Crippen molar-refractivity contribution in [3.8, 4) is 0 Å². The van der Waals surface area contributed by atoms with Crippen molar-refractivity contribution in [3.05, 3.63) is 0 Å². The van der Waals surface area contributed by atoms with Crippen LogP contribution in [0.4, 0.5) is 0 Å². The third kappa shape index (κ3) is 1.23. The first kappa shape index (κ1) is 10.3. The van der Waals surface area contributed by atoms with E-state index in [0.717, 1.165) is 23.7 Å². The Morgan fingerprint density at radius 2 is 1.50 bits per heavy atom. The van der Waals surface area contributed by atoms with E-state index in [9.17, 15) is 0 Å². The predicted octanol–water partition coefficient (Wildman–Crippen LogP) is 3.25. The van der Waals surface area contributed by atoms with Gasteiger partial charge in [-0.05, 0) is 69.6 Å². The van der Waals surface area contributed by atoms with Crippen molar-refractivity contribution >= 4 is 11.8 Å². The third-order valence-corrected chi connectivity index (χ3v) is 7.67. The van der Waals surface area contributed by atoms with Gasteiger partial charge < -0.3 is 0 Å². The Morgan fingerprint density at radius 3 is 1.94 bits per heavy atom. The topological polar surface area (TPSA) is 12.0 Å². The fourth-order valence-electron chi connectivity index (χ4n) is 5.23. The summed E-state index contributed by atoms with van der Waals surface area (Å²) in [4.78, 5) is 0.497. The van der Waals surface area contributed by atoms with E-state index in [1.165, 1.54) is 31.4 Å². The third-order valence-electron chi connectivity index (χ3n) is 5.56. The summed E-state index contributed by atoms with van der Waals surface area (Å²) in [5, 5.41) is 4.05. The summed E-state index contributed by atoms with van der Waals surface area (Å²) in [5.41, 5.74) is 0.375. The van der Waals surface area contributed by atoms with Crippen LogP contribution in [0.25, 0.3) is 0 Å². The Kier molecular flexibility index (Phi) is 1.92. The average Bonchev–Trinajstić information content (AvgIpc) is 2.52. The molecule has 0 aromatic heterocycles. The highest BCUT2D eigenvalue weighted by atomic mass is 32.2. The quantitative estimate of drug-likeness (QED) is 0.694. The lowest BCUT2D eigenvalue weighted by molar-refractivity contribution is -0.0334. The van der Waals surface area contributed by atoms with Gasteiger partial charge in [-0.3, -0.25) is 5.32 Å². The second-order valence-corrected chi connectivity index (χ2v) is 8.65. The second kappa shape index (κ2) is 3.00. The molecule has 4 aliphatic carbocycles. The molecule has 5 fully saturated rings. The van der Waals surface area contributed by atoms with Crippen LogP contribution in [-0.2, 0) is 0 Å². The highest BCUT2D eigenvalue weighted by Crippen LogP contribution is 2.63. The summed E-state index contributed by atoms with van der Waals surface area (Å²) >= 11 is 2.28. The lowest BCUT2D eigenvalue weighted by atomic mass is 9.53. The van der Waals surface area contributed by atoms with Crippen LogP contribution >= 0.6 is 11.8 Å². The maximum Gasteiger partial charge on any atom is 0.0707 e. The van der Waals surface area contributed by atoms with E-state index >= 15 is 0 Å². The zero-order chi connectivity index (χ0) is 11.0. The van der Waals surface area contributed by atoms with Crippen LogP contribution in [0.15, 0.2) is 0 Å². The van der Waals surface area contributed by atoms with E-state index in [2.05, 4.69) is 30.9 Å². The van der Waals surface area contributed by atoms with E-state index in [1.54, 1.807) is 6.42 Å². The minimum absolute atomic E-state index is 0.375. The largest absolute Gasteiger partial charge is 0.296 e. The molecule has 4 saturated carbocycles. The smallest absolute Gasteiger partial charge is 0.0707 e. The zero-order valence-electron chi connectivity index (χ0n) is 10.5. The fraction of sp³-hybridized carbons (Fsp3) is 1.00. The van der Waals surface area contributed by atoms with E-state index in [1.807, 2.05) is 0 Å². The molecule has 2 heteroatoms. The molecule has 1 saturated heterocycles. The molecule has 1 heterocycles. The first-order valence-electron chi connectivity index (χ1n) is 7.01. The van der Waals surface area contributed by atoms with E-state index in [4.69, 9.17) is 0 Å². The number of rotatable bonds is 0. The molecule has 0 aromatic rings. The van der Waals surface area contributed by atoms with Crippen LogP contribution in [0.5, 0.6) is 0 Å². The van der Waals surface area contributed by atoms with Gasteiger partial charge >= 0.3 is 0 Å². The molecule has 1 spiro atoms. The van der Waals surface area contributed by atoms with Gasteiger partial charge in [0.05, 0.1) is 4.87 Å².